The predicted molar refractivity (Wildman–Crippen MR) is 107 cm³/mol. The van der Waals surface area contributed by atoms with E-state index >= 15 is 0 Å². The van der Waals surface area contributed by atoms with Crippen LogP contribution in [0.2, 0.25) is 0 Å². The highest BCUT2D eigenvalue weighted by molar-refractivity contribution is 6.46. The van der Waals surface area contributed by atoms with Crippen molar-refractivity contribution in [2.24, 2.45) is 0 Å². The highest BCUT2D eigenvalue weighted by atomic mass is 16.3. The Balaban J connectivity index is 2.03. The second kappa shape index (κ2) is 8.44. The molecule has 0 radical (unpaired) electrons. The number of nitrogens with zero attached hydrogens (tertiary/aromatic N) is 2. The summed E-state index contributed by atoms with van der Waals surface area (Å²) >= 11 is 0. The first-order valence-corrected chi connectivity index (χ1v) is 9.59. The van der Waals surface area contributed by atoms with Gasteiger partial charge in [-0.1, -0.05) is 43.7 Å². The SMILES string of the molecule is CCN(CC)CCN1C(=O)C(=O)C(=C(O)c2ccc(C)cc2)[C@H]1c1ccco1. The fourth-order valence-electron chi connectivity index (χ4n) is 3.51. The van der Waals surface area contributed by atoms with Crippen LogP contribution in [0.1, 0.15) is 36.8 Å². The Morgan fingerprint density at radius 1 is 1.14 bits per heavy atom. The van der Waals surface area contributed by atoms with E-state index in [0.29, 0.717) is 24.4 Å². The van der Waals surface area contributed by atoms with Crippen LogP contribution >= 0.6 is 0 Å². The van der Waals surface area contributed by atoms with E-state index < -0.39 is 17.7 Å². The number of carbonyl (C=O) groups is 2. The van der Waals surface area contributed by atoms with E-state index in [1.807, 2.05) is 19.1 Å². The van der Waals surface area contributed by atoms with E-state index in [1.165, 1.54) is 11.2 Å². The molecule has 2 heterocycles. The number of rotatable bonds is 7. The average molecular weight is 382 g/mol. The summed E-state index contributed by atoms with van der Waals surface area (Å²) in [5.41, 5.74) is 1.62. The van der Waals surface area contributed by atoms with Crippen LogP contribution in [0.5, 0.6) is 0 Å². The number of carbonyl (C=O) groups excluding carboxylic acids is 2. The number of benzene rings is 1. The number of furan rings is 1. The van der Waals surface area contributed by atoms with Gasteiger partial charge >= 0.3 is 0 Å². The third-order valence-corrected chi connectivity index (χ3v) is 5.23. The summed E-state index contributed by atoms with van der Waals surface area (Å²) in [6.45, 7) is 8.78. The van der Waals surface area contributed by atoms with Gasteiger partial charge in [0.05, 0.1) is 11.8 Å². The molecule has 1 aliphatic rings. The normalized spacial score (nSPS) is 19.0. The number of likely N-dealkylation sites (N-methyl/N-ethyl adjacent to an activating group) is 1. The lowest BCUT2D eigenvalue weighted by molar-refractivity contribution is -0.140. The van der Waals surface area contributed by atoms with Crippen molar-refractivity contribution in [2.75, 3.05) is 26.2 Å². The molecule has 0 unspecified atom stereocenters. The van der Waals surface area contributed by atoms with Crippen LogP contribution in [0, 0.1) is 6.92 Å². The van der Waals surface area contributed by atoms with Crippen molar-refractivity contribution in [3.05, 3.63) is 65.1 Å². The van der Waals surface area contributed by atoms with Gasteiger partial charge in [0.1, 0.15) is 17.6 Å². The lowest BCUT2D eigenvalue weighted by Crippen LogP contribution is -2.37. The van der Waals surface area contributed by atoms with Crippen LogP contribution < -0.4 is 0 Å². The number of amides is 1. The molecular formula is C22H26N2O4. The Kier molecular flexibility index (Phi) is 5.99. The lowest BCUT2D eigenvalue weighted by Gasteiger charge is -2.26. The molecule has 28 heavy (non-hydrogen) atoms. The molecule has 1 aliphatic heterocycles. The van der Waals surface area contributed by atoms with Gasteiger partial charge in [-0.05, 0) is 32.1 Å². The maximum Gasteiger partial charge on any atom is 0.295 e. The van der Waals surface area contributed by atoms with E-state index in [1.54, 1.807) is 24.3 Å². The van der Waals surface area contributed by atoms with Crippen molar-refractivity contribution in [1.82, 2.24) is 9.80 Å². The van der Waals surface area contributed by atoms with Crippen LogP contribution in [-0.4, -0.2) is 52.8 Å². The van der Waals surface area contributed by atoms with Gasteiger partial charge in [0.2, 0.25) is 0 Å². The first-order valence-electron chi connectivity index (χ1n) is 9.59. The van der Waals surface area contributed by atoms with Gasteiger partial charge in [-0.3, -0.25) is 9.59 Å². The van der Waals surface area contributed by atoms with Crippen molar-refractivity contribution in [3.63, 3.8) is 0 Å². The lowest BCUT2D eigenvalue weighted by atomic mass is 9.99. The summed E-state index contributed by atoms with van der Waals surface area (Å²) in [4.78, 5) is 29.3. The minimum atomic E-state index is -0.730. The van der Waals surface area contributed by atoms with E-state index in [2.05, 4.69) is 18.7 Å². The molecule has 1 aromatic heterocycles. The molecular weight excluding hydrogens is 356 g/mol. The zero-order valence-corrected chi connectivity index (χ0v) is 16.5. The van der Waals surface area contributed by atoms with Crippen molar-refractivity contribution < 1.29 is 19.1 Å². The molecule has 1 saturated heterocycles. The number of Topliss-reactive ketones (excluding diaryl/α,β-unsaturated/α-hetero) is 1. The van der Waals surface area contributed by atoms with Crippen LogP contribution in [0.25, 0.3) is 5.76 Å². The van der Waals surface area contributed by atoms with Crippen LogP contribution in [0.4, 0.5) is 0 Å². The maximum absolute atomic E-state index is 12.8. The van der Waals surface area contributed by atoms with Crippen molar-refractivity contribution in [3.8, 4) is 0 Å². The number of likely N-dealkylation sites (tertiary alicyclic amines) is 1. The minimum Gasteiger partial charge on any atom is -0.507 e. The molecule has 1 fully saturated rings. The molecule has 148 valence electrons. The van der Waals surface area contributed by atoms with Gasteiger partial charge in [0.25, 0.3) is 11.7 Å². The van der Waals surface area contributed by atoms with Gasteiger partial charge < -0.3 is 19.3 Å². The molecule has 2 aromatic rings. The molecule has 1 N–H and O–H groups in total. The summed E-state index contributed by atoms with van der Waals surface area (Å²) in [5, 5.41) is 10.9. The van der Waals surface area contributed by atoms with Crippen molar-refractivity contribution in [1.29, 1.82) is 0 Å². The van der Waals surface area contributed by atoms with Gasteiger partial charge in [0.15, 0.2) is 0 Å². The second-order valence-electron chi connectivity index (χ2n) is 6.90. The highest BCUT2D eigenvalue weighted by Gasteiger charge is 2.47. The highest BCUT2D eigenvalue weighted by Crippen LogP contribution is 2.39. The molecule has 0 bridgehead atoms. The van der Waals surface area contributed by atoms with Gasteiger partial charge in [0, 0.05) is 18.7 Å². The predicted octanol–water partition coefficient (Wildman–Crippen LogP) is 3.35. The monoisotopic (exact) mass is 382 g/mol. The Hall–Kier alpha value is -2.86. The fraction of sp³-hybridized carbons (Fsp3) is 0.364. The molecule has 3 rings (SSSR count). The van der Waals surface area contributed by atoms with Gasteiger partial charge in [-0.25, -0.2) is 0 Å². The summed E-state index contributed by atoms with van der Waals surface area (Å²) in [7, 11) is 0. The van der Waals surface area contributed by atoms with E-state index in [9.17, 15) is 14.7 Å². The average Bonchev–Trinajstić information content (AvgIpc) is 3.31. The Bertz CT molecular complexity index is 864. The van der Waals surface area contributed by atoms with Gasteiger partial charge in [-0.2, -0.15) is 0 Å². The van der Waals surface area contributed by atoms with Gasteiger partial charge in [-0.15, -0.1) is 0 Å². The minimum absolute atomic E-state index is 0.0725. The Morgan fingerprint density at radius 3 is 2.39 bits per heavy atom. The van der Waals surface area contributed by atoms with E-state index in [0.717, 1.165) is 18.7 Å². The largest absolute Gasteiger partial charge is 0.507 e. The molecule has 1 atom stereocenters. The van der Waals surface area contributed by atoms with Crippen LogP contribution in [-0.2, 0) is 9.59 Å². The Morgan fingerprint density at radius 2 is 1.82 bits per heavy atom. The first kappa shape index (κ1) is 19.9. The molecule has 0 saturated carbocycles. The smallest absolute Gasteiger partial charge is 0.295 e. The summed E-state index contributed by atoms with van der Waals surface area (Å²) in [5.74, 6) is -1.00. The van der Waals surface area contributed by atoms with Crippen molar-refractivity contribution in [2.45, 2.75) is 26.8 Å². The standard InChI is InChI=1S/C22H26N2O4/c1-4-23(5-2)12-13-24-19(17-7-6-14-28-17)18(21(26)22(24)27)20(25)16-10-8-15(3)9-11-16/h6-11,14,19,25H,4-5,12-13H2,1-3H3/t19-/m1/s1. The first-order chi connectivity index (χ1) is 13.5. The van der Waals surface area contributed by atoms with Crippen LogP contribution in [0.15, 0.2) is 52.7 Å². The topological polar surface area (TPSA) is 74.0 Å². The molecule has 1 amide bonds. The maximum atomic E-state index is 12.8. The molecule has 1 aromatic carbocycles. The molecule has 6 nitrogen and oxygen atoms in total. The number of ketones is 1. The number of hydrogen-bond donors (Lipinski definition) is 1. The van der Waals surface area contributed by atoms with E-state index in [4.69, 9.17) is 4.42 Å². The summed E-state index contributed by atoms with van der Waals surface area (Å²) in [6.07, 6.45) is 1.51. The quantitative estimate of drug-likeness (QED) is 0.452. The van der Waals surface area contributed by atoms with E-state index in [-0.39, 0.29) is 11.3 Å². The number of aryl methyl sites for hydroxylation is 1. The number of hydrogen-bond acceptors (Lipinski definition) is 5. The zero-order chi connectivity index (χ0) is 20.3. The van der Waals surface area contributed by atoms with Crippen molar-refractivity contribution >= 4 is 17.4 Å². The van der Waals surface area contributed by atoms with Crippen LogP contribution in [0.3, 0.4) is 0 Å². The third-order valence-electron chi connectivity index (χ3n) is 5.23. The Labute approximate surface area is 165 Å². The molecule has 0 aliphatic carbocycles. The molecule has 0 spiro atoms. The number of aliphatic hydroxyl groups is 1. The zero-order valence-electron chi connectivity index (χ0n) is 16.5. The number of aliphatic hydroxyl groups excluding tert-OH is 1. The summed E-state index contributed by atoms with van der Waals surface area (Å²) < 4.78 is 5.53. The summed E-state index contributed by atoms with van der Waals surface area (Å²) in [6, 6.07) is 9.91. The molecule has 6 heteroatoms. The third kappa shape index (κ3) is 3.73. The second-order valence-corrected chi connectivity index (χ2v) is 6.90. The fourth-order valence-corrected chi connectivity index (χ4v) is 3.51.